The number of rotatable bonds is 11. The molecule has 2 aliphatic rings. The van der Waals surface area contributed by atoms with Crippen molar-refractivity contribution in [2.45, 2.75) is 64.4 Å². The third kappa shape index (κ3) is 10.5. The zero-order chi connectivity index (χ0) is 22.4. The molecule has 7 nitrogen and oxygen atoms in total. The van der Waals surface area contributed by atoms with E-state index < -0.39 is 0 Å². The van der Waals surface area contributed by atoms with Crippen LogP contribution in [0.3, 0.4) is 0 Å². The number of nitrogens with one attached hydrogen (secondary N) is 1. The molecule has 33 heavy (non-hydrogen) atoms. The number of hydrogen-bond donors (Lipinski definition) is 1. The van der Waals surface area contributed by atoms with E-state index >= 15 is 0 Å². The lowest BCUT2D eigenvalue weighted by molar-refractivity contribution is -0.0721. The maximum Gasteiger partial charge on any atom is 0.193 e. The number of halogens is 1. The number of ether oxygens (including phenoxy) is 4. The predicted octanol–water partition coefficient (Wildman–Crippen LogP) is 3.98. The van der Waals surface area contributed by atoms with E-state index in [4.69, 9.17) is 18.9 Å². The molecule has 188 valence electrons. The lowest BCUT2D eigenvalue weighted by atomic mass is 10.1. The molecule has 0 spiro atoms. The number of guanidine groups is 1. The van der Waals surface area contributed by atoms with Crippen LogP contribution in [0.1, 0.15) is 50.2 Å². The van der Waals surface area contributed by atoms with Crippen LogP contribution in [0.5, 0.6) is 0 Å². The first kappa shape index (κ1) is 28.3. The van der Waals surface area contributed by atoms with E-state index in [2.05, 4.69) is 39.5 Å². The van der Waals surface area contributed by atoms with Gasteiger partial charge < -0.3 is 29.2 Å². The van der Waals surface area contributed by atoms with Crippen LogP contribution in [0.2, 0.25) is 0 Å². The van der Waals surface area contributed by atoms with Gasteiger partial charge in [0, 0.05) is 39.9 Å². The average molecular weight is 576 g/mol. The van der Waals surface area contributed by atoms with Gasteiger partial charge in [-0.05, 0) is 50.2 Å². The summed E-state index contributed by atoms with van der Waals surface area (Å²) in [6.07, 6.45) is 6.27. The molecule has 0 saturated carbocycles. The number of nitrogens with zero attached hydrogens (tertiary/aromatic N) is 2. The lowest BCUT2D eigenvalue weighted by Gasteiger charge is -2.35. The van der Waals surface area contributed by atoms with Crippen LogP contribution in [0.4, 0.5) is 0 Å². The molecule has 1 N–H and O–H groups in total. The predicted molar refractivity (Wildman–Crippen MR) is 142 cm³/mol. The second kappa shape index (κ2) is 16.6. The topological polar surface area (TPSA) is 64.6 Å². The molecule has 2 heterocycles. The van der Waals surface area contributed by atoms with Crippen LogP contribution in [-0.4, -0.2) is 76.2 Å². The van der Waals surface area contributed by atoms with Crippen LogP contribution < -0.4 is 5.32 Å². The molecule has 1 aromatic carbocycles. The van der Waals surface area contributed by atoms with E-state index in [1.807, 2.05) is 14.0 Å². The zero-order valence-corrected chi connectivity index (χ0v) is 22.6. The monoisotopic (exact) mass is 575 g/mol. The standard InChI is InChI=1S/C25H41N3O4.HI/c1-3-29-15-16-30-19-22-8-6-7-21(17-22)18-27-25(26-2)28-12-10-23(11-13-28)32-20-24-9-4-5-14-31-24;/h6-8,17,23-24H,3-5,9-16,18-20H2,1-2H3,(H,26,27);1H. The lowest BCUT2D eigenvalue weighted by Crippen LogP contribution is -2.47. The van der Waals surface area contributed by atoms with Crippen molar-refractivity contribution in [1.82, 2.24) is 10.2 Å². The van der Waals surface area contributed by atoms with Crippen LogP contribution >= 0.6 is 24.0 Å². The van der Waals surface area contributed by atoms with Gasteiger partial charge in [0.05, 0.1) is 38.6 Å². The summed E-state index contributed by atoms with van der Waals surface area (Å²) in [6.45, 7) is 8.89. The van der Waals surface area contributed by atoms with Gasteiger partial charge in [-0.25, -0.2) is 0 Å². The smallest absolute Gasteiger partial charge is 0.193 e. The minimum Gasteiger partial charge on any atom is -0.379 e. The van der Waals surface area contributed by atoms with Crippen LogP contribution in [0.25, 0.3) is 0 Å². The number of piperidine rings is 1. The third-order valence-electron chi connectivity index (χ3n) is 6.03. The van der Waals surface area contributed by atoms with Crippen LogP contribution in [0.15, 0.2) is 29.3 Å². The first-order valence-electron chi connectivity index (χ1n) is 12.2. The minimum atomic E-state index is 0. The van der Waals surface area contributed by atoms with Gasteiger partial charge in [-0.15, -0.1) is 24.0 Å². The van der Waals surface area contributed by atoms with Crippen molar-refractivity contribution in [3.8, 4) is 0 Å². The molecule has 8 heteroatoms. The third-order valence-corrected chi connectivity index (χ3v) is 6.03. The Morgan fingerprint density at radius 3 is 2.64 bits per heavy atom. The Balaban J connectivity index is 0.00000385. The maximum atomic E-state index is 6.15. The number of hydrogen-bond acceptors (Lipinski definition) is 5. The highest BCUT2D eigenvalue weighted by molar-refractivity contribution is 14.0. The molecule has 0 amide bonds. The van der Waals surface area contributed by atoms with Gasteiger partial charge in [0.25, 0.3) is 0 Å². The maximum absolute atomic E-state index is 6.15. The van der Waals surface area contributed by atoms with Crippen molar-refractivity contribution < 1.29 is 18.9 Å². The van der Waals surface area contributed by atoms with Gasteiger partial charge >= 0.3 is 0 Å². The molecule has 0 bridgehead atoms. The second-order valence-corrected chi connectivity index (χ2v) is 8.48. The molecular weight excluding hydrogens is 533 g/mol. The summed E-state index contributed by atoms with van der Waals surface area (Å²) in [6, 6.07) is 8.51. The minimum absolute atomic E-state index is 0. The van der Waals surface area contributed by atoms with E-state index in [1.54, 1.807) is 0 Å². The Morgan fingerprint density at radius 1 is 1.12 bits per heavy atom. The SMILES string of the molecule is CCOCCOCc1cccc(CNC(=NC)N2CCC(OCC3CCCCO3)CC2)c1.I. The summed E-state index contributed by atoms with van der Waals surface area (Å²) < 4.78 is 22.9. The Kier molecular flexibility index (Phi) is 14.3. The number of benzene rings is 1. The van der Waals surface area contributed by atoms with Crippen LogP contribution in [-0.2, 0) is 32.1 Å². The molecule has 2 saturated heterocycles. The first-order valence-corrected chi connectivity index (χ1v) is 12.2. The van der Waals surface area contributed by atoms with E-state index in [-0.39, 0.29) is 24.0 Å². The fourth-order valence-corrected chi connectivity index (χ4v) is 4.21. The fraction of sp³-hybridized carbons (Fsp3) is 0.720. The highest BCUT2D eigenvalue weighted by Crippen LogP contribution is 2.18. The summed E-state index contributed by atoms with van der Waals surface area (Å²) >= 11 is 0. The quantitative estimate of drug-likeness (QED) is 0.187. The highest BCUT2D eigenvalue weighted by atomic mass is 127. The molecule has 2 fully saturated rings. The van der Waals surface area contributed by atoms with Crippen molar-refractivity contribution in [3.05, 3.63) is 35.4 Å². The van der Waals surface area contributed by atoms with Gasteiger partial charge in [-0.3, -0.25) is 4.99 Å². The molecule has 0 aliphatic carbocycles. The summed E-state index contributed by atoms with van der Waals surface area (Å²) in [7, 11) is 1.86. The molecule has 2 aliphatic heterocycles. The molecule has 0 radical (unpaired) electrons. The Labute approximate surface area is 216 Å². The van der Waals surface area contributed by atoms with Crippen LogP contribution in [0, 0.1) is 0 Å². The first-order chi connectivity index (χ1) is 15.8. The number of likely N-dealkylation sites (tertiary alicyclic amines) is 1. The fourth-order valence-electron chi connectivity index (χ4n) is 4.21. The second-order valence-electron chi connectivity index (χ2n) is 8.48. The number of aliphatic imine (C=N–C) groups is 1. The zero-order valence-electron chi connectivity index (χ0n) is 20.3. The largest absolute Gasteiger partial charge is 0.379 e. The van der Waals surface area contributed by atoms with Crippen molar-refractivity contribution in [1.29, 1.82) is 0 Å². The van der Waals surface area contributed by atoms with Crippen molar-refractivity contribution in [3.63, 3.8) is 0 Å². The average Bonchev–Trinajstić information content (AvgIpc) is 2.85. The summed E-state index contributed by atoms with van der Waals surface area (Å²) in [5, 5.41) is 3.52. The van der Waals surface area contributed by atoms with Gasteiger partial charge in [0.2, 0.25) is 0 Å². The van der Waals surface area contributed by atoms with E-state index in [9.17, 15) is 0 Å². The summed E-state index contributed by atoms with van der Waals surface area (Å²) in [4.78, 5) is 6.83. The van der Waals surface area contributed by atoms with Gasteiger partial charge in [-0.2, -0.15) is 0 Å². The van der Waals surface area contributed by atoms with Gasteiger partial charge in [0.15, 0.2) is 5.96 Å². The van der Waals surface area contributed by atoms with Crippen molar-refractivity contribution >= 4 is 29.9 Å². The molecule has 1 atom stereocenters. The van der Waals surface area contributed by atoms with Crippen molar-refractivity contribution in [2.24, 2.45) is 4.99 Å². The Morgan fingerprint density at radius 2 is 1.91 bits per heavy atom. The van der Waals surface area contributed by atoms with Gasteiger partial charge in [-0.1, -0.05) is 24.3 Å². The molecule has 0 aromatic heterocycles. The Hall–Kier alpha value is -0.940. The van der Waals surface area contributed by atoms with E-state index in [1.165, 1.54) is 24.0 Å². The van der Waals surface area contributed by atoms with Gasteiger partial charge in [0.1, 0.15) is 0 Å². The molecule has 1 aromatic rings. The molecule has 1 unspecified atom stereocenters. The summed E-state index contributed by atoms with van der Waals surface area (Å²) in [5.74, 6) is 0.956. The highest BCUT2D eigenvalue weighted by Gasteiger charge is 2.23. The Bertz CT molecular complexity index is 677. The van der Waals surface area contributed by atoms with E-state index in [0.717, 1.165) is 64.7 Å². The molecule has 3 rings (SSSR count). The van der Waals surface area contributed by atoms with E-state index in [0.29, 0.717) is 32.0 Å². The normalized spacial score (nSPS) is 19.9. The van der Waals surface area contributed by atoms with Crippen molar-refractivity contribution in [2.75, 3.05) is 53.2 Å². The molecular formula is C25H42IN3O4. The summed E-state index contributed by atoms with van der Waals surface area (Å²) in [5.41, 5.74) is 2.40.